The van der Waals surface area contributed by atoms with Gasteiger partial charge in [0.05, 0.1) is 30.6 Å². The van der Waals surface area contributed by atoms with Crippen molar-refractivity contribution in [3.05, 3.63) is 0 Å². The fraction of sp³-hybridized carbons (Fsp3) is 0.900. The van der Waals surface area contributed by atoms with Gasteiger partial charge in [-0.25, -0.2) is 0 Å². The monoisotopic (exact) mass is 455 g/mol. The molecule has 0 spiro atoms. The van der Waals surface area contributed by atoms with E-state index in [9.17, 15) is 28.2 Å². The number of carboxylic acids is 2. The number of hydrogen-bond acceptors (Lipinski definition) is 6. The number of carboxylic acid groups (broad SMARTS) is 2. The number of hydrogen-bond donors (Lipinski definition) is 1. The number of carbonyl (C=O) groups excluding carboxylic acids is 2. The molecule has 9 heteroatoms. The summed E-state index contributed by atoms with van der Waals surface area (Å²) in [5.41, 5.74) is 0. The lowest BCUT2D eigenvalue weighted by molar-refractivity contribution is -0.314. The number of carbonyl (C=O) groups is 2. The molecule has 0 saturated carbocycles. The molecule has 0 aliphatic carbocycles. The summed E-state index contributed by atoms with van der Waals surface area (Å²) in [4.78, 5) is 19.7. The molecule has 0 heterocycles. The summed E-state index contributed by atoms with van der Waals surface area (Å²) in [6, 6.07) is 0. The minimum Gasteiger partial charge on any atom is -0.550 e. The Labute approximate surface area is 177 Å². The summed E-state index contributed by atoms with van der Waals surface area (Å²) in [6.07, 6.45) is 16.6. The van der Waals surface area contributed by atoms with Crippen LogP contribution in [0.1, 0.15) is 85.5 Å². The van der Waals surface area contributed by atoms with Crippen LogP contribution in [0.3, 0.4) is 0 Å². The smallest absolute Gasteiger partial charge is 0.273 e. The molecule has 1 unspecified atom stereocenters. The summed E-state index contributed by atoms with van der Waals surface area (Å²) >= 11 is 0. The van der Waals surface area contributed by atoms with Crippen LogP contribution in [-0.2, 0) is 19.7 Å². The van der Waals surface area contributed by atoms with E-state index in [4.69, 9.17) is 4.55 Å². The minimum absolute atomic E-state index is 0.562. The van der Waals surface area contributed by atoms with Crippen molar-refractivity contribution in [2.24, 2.45) is 0 Å². The first-order chi connectivity index (χ1) is 13.5. The van der Waals surface area contributed by atoms with E-state index in [0.29, 0.717) is 0 Å². The van der Waals surface area contributed by atoms with Crippen LogP contribution in [-0.4, -0.2) is 54.8 Å². The van der Waals surface area contributed by atoms with Crippen molar-refractivity contribution in [1.82, 2.24) is 0 Å². The maximum atomic E-state index is 10.2. The number of aliphatic carboxylic acids is 2. The van der Waals surface area contributed by atoms with E-state index in [1.807, 2.05) is 0 Å². The molecule has 174 valence electrons. The minimum atomic E-state index is -4.94. The lowest BCUT2D eigenvalue weighted by Gasteiger charge is -2.28. The zero-order valence-corrected chi connectivity index (χ0v) is 20.2. The topological polar surface area (TPSA) is 135 Å². The molecule has 1 N–H and O–H groups in total. The van der Waals surface area contributed by atoms with Crippen LogP contribution in [0.2, 0.25) is 0 Å². The van der Waals surface area contributed by atoms with E-state index in [1.54, 1.807) is 24.6 Å². The molecule has 0 aromatic carbocycles. The van der Waals surface area contributed by atoms with E-state index in [0.717, 1.165) is 0 Å². The molecular weight excluding hydrogens is 415 g/mol. The molecule has 0 fully saturated rings. The maximum Gasteiger partial charge on any atom is 0.273 e. The molecule has 7 nitrogen and oxygen atoms in total. The largest absolute Gasteiger partial charge is 0.550 e. The number of unbranched alkanes of at least 4 members (excludes halogenated alkanes) is 4. The van der Waals surface area contributed by atoms with Crippen LogP contribution in [0.4, 0.5) is 0 Å². The Hall–Kier alpha value is -0.720. The van der Waals surface area contributed by atoms with Crippen LogP contribution in [0.15, 0.2) is 0 Å². The van der Waals surface area contributed by atoms with E-state index in [-0.39, 0.29) is 0 Å². The predicted octanol–water partition coefficient (Wildman–Crippen LogP) is 2.34. The van der Waals surface area contributed by atoms with Gasteiger partial charge in [-0.05, 0) is 25.7 Å². The van der Waals surface area contributed by atoms with Gasteiger partial charge in [-0.2, -0.15) is 8.42 Å². The van der Waals surface area contributed by atoms with E-state index in [2.05, 4.69) is 27.7 Å². The van der Waals surface area contributed by atoms with Gasteiger partial charge in [0.25, 0.3) is 10.1 Å². The highest BCUT2D eigenvalue weighted by molar-refractivity contribution is 7.87. The fourth-order valence-electron chi connectivity index (χ4n) is 3.11. The number of rotatable bonds is 16. The SMILES string of the molecule is CCCC[P+](CCCC)(CCCC)CCCC.O=C([O-])CC(C(=O)[O-])S(=O)(=O)O. The van der Waals surface area contributed by atoms with Crippen LogP contribution < -0.4 is 10.2 Å². The second-order valence-corrected chi connectivity index (χ2v) is 13.6. The van der Waals surface area contributed by atoms with E-state index >= 15 is 0 Å². The Morgan fingerprint density at radius 3 is 1.24 bits per heavy atom. The van der Waals surface area contributed by atoms with E-state index < -0.39 is 41.0 Å². The highest BCUT2D eigenvalue weighted by atomic mass is 32.2. The molecule has 0 radical (unpaired) electrons. The molecule has 0 aliphatic rings. The van der Waals surface area contributed by atoms with Gasteiger partial charge in [-0.15, -0.1) is 0 Å². The lowest BCUT2D eigenvalue weighted by atomic mass is 10.3. The quantitative estimate of drug-likeness (QED) is 0.279. The first-order valence-electron chi connectivity index (χ1n) is 10.7. The van der Waals surface area contributed by atoms with Gasteiger partial charge in [0.1, 0.15) is 5.25 Å². The second-order valence-electron chi connectivity index (χ2n) is 7.55. The first-order valence-corrected chi connectivity index (χ1v) is 14.7. The Bertz CT molecular complexity index is 512. The van der Waals surface area contributed by atoms with Crippen molar-refractivity contribution >= 4 is 29.3 Å². The van der Waals surface area contributed by atoms with Gasteiger partial charge in [0, 0.05) is 19.7 Å². The van der Waals surface area contributed by atoms with Gasteiger partial charge in [-0.3, -0.25) is 4.55 Å². The van der Waals surface area contributed by atoms with Crippen molar-refractivity contribution in [1.29, 1.82) is 0 Å². The zero-order valence-electron chi connectivity index (χ0n) is 18.5. The van der Waals surface area contributed by atoms with Gasteiger partial charge in [0.2, 0.25) is 0 Å². The molecule has 0 aromatic heterocycles. The molecule has 0 saturated heterocycles. The van der Waals surface area contributed by atoms with Crippen molar-refractivity contribution in [2.45, 2.75) is 90.7 Å². The third kappa shape index (κ3) is 15.7. The van der Waals surface area contributed by atoms with Gasteiger partial charge in [-0.1, -0.05) is 53.4 Å². The van der Waals surface area contributed by atoms with E-state index in [1.165, 1.54) is 51.4 Å². The van der Waals surface area contributed by atoms with Gasteiger partial charge >= 0.3 is 0 Å². The molecular formula is C20H40O7PS-. The summed E-state index contributed by atoms with van der Waals surface area (Å²) in [7, 11) is -5.50. The lowest BCUT2D eigenvalue weighted by Crippen LogP contribution is -2.44. The summed E-state index contributed by atoms with van der Waals surface area (Å²) in [5, 5.41) is 17.3. The normalized spacial score (nSPS) is 12.7. The standard InChI is InChI=1S/C16H36P.C4H6O7S/c1-5-9-13-17(14-10-6-2,15-11-7-3)16-12-8-4;5-3(6)1-2(4(7)8)12(9,10)11/h5-16H2,1-4H3;2H,1H2,(H,5,6)(H,7,8)(H,9,10,11)/q+1;/p-2. The summed E-state index contributed by atoms with van der Waals surface area (Å²) in [6.45, 7) is 9.42. The Morgan fingerprint density at radius 1 is 0.793 bits per heavy atom. The van der Waals surface area contributed by atoms with Crippen molar-refractivity contribution < 1.29 is 32.8 Å². The molecule has 0 aromatic rings. The van der Waals surface area contributed by atoms with Crippen LogP contribution in [0.25, 0.3) is 0 Å². The molecule has 0 bridgehead atoms. The third-order valence-electron chi connectivity index (χ3n) is 4.92. The maximum absolute atomic E-state index is 10.2. The molecule has 0 amide bonds. The van der Waals surface area contributed by atoms with Crippen LogP contribution in [0, 0.1) is 0 Å². The molecule has 1 atom stereocenters. The molecule has 0 aliphatic heterocycles. The Balaban J connectivity index is 0. The second kappa shape index (κ2) is 17.0. The van der Waals surface area contributed by atoms with Crippen molar-refractivity contribution in [3.8, 4) is 0 Å². The van der Waals surface area contributed by atoms with Crippen LogP contribution >= 0.6 is 7.26 Å². The van der Waals surface area contributed by atoms with Crippen molar-refractivity contribution in [3.63, 3.8) is 0 Å². The Morgan fingerprint density at radius 2 is 1.10 bits per heavy atom. The third-order valence-corrected chi connectivity index (χ3v) is 11.1. The average Bonchev–Trinajstić information content (AvgIpc) is 2.64. The first kappa shape index (κ1) is 30.5. The zero-order chi connectivity index (χ0) is 22.9. The Kier molecular flexibility index (Phi) is 17.9. The summed E-state index contributed by atoms with van der Waals surface area (Å²) in [5.74, 6) is -4.08. The van der Waals surface area contributed by atoms with Crippen LogP contribution in [0.5, 0.6) is 0 Å². The predicted molar refractivity (Wildman–Crippen MR) is 116 cm³/mol. The van der Waals surface area contributed by atoms with Crippen molar-refractivity contribution in [2.75, 3.05) is 24.6 Å². The average molecular weight is 456 g/mol. The fourth-order valence-corrected chi connectivity index (χ4v) is 8.99. The van der Waals surface area contributed by atoms with Gasteiger partial charge in [0.15, 0.2) is 0 Å². The highest BCUT2D eigenvalue weighted by Gasteiger charge is 2.34. The molecule has 29 heavy (non-hydrogen) atoms. The van der Waals surface area contributed by atoms with Gasteiger partial charge < -0.3 is 19.8 Å². The molecule has 0 rings (SSSR count). The highest BCUT2D eigenvalue weighted by Crippen LogP contribution is 2.61. The summed E-state index contributed by atoms with van der Waals surface area (Å²) < 4.78 is 28.5.